The zero-order chi connectivity index (χ0) is 9.42. The number of halogens is 1. The molecule has 0 unspecified atom stereocenters. The number of nitrogens with two attached hydrogens (primary N) is 1. The summed E-state index contributed by atoms with van der Waals surface area (Å²) in [5.74, 6) is 0.308. The lowest BCUT2D eigenvalue weighted by molar-refractivity contribution is 1.35. The largest absolute Gasteiger partial charge is 0.367 e. The summed E-state index contributed by atoms with van der Waals surface area (Å²) in [6.45, 7) is 1.97. The average molecular weight is 232 g/mol. The van der Waals surface area contributed by atoms with Crippen LogP contribution in [0.1, 0.15) is 5.56 Å². The molecular formula is C7H6ClN3S2. The Balaban J connectivity index is 2.52. The smallest absolute Gasteiger partial charge is 0.232 e. The van der Waals surface area contributed by atoms with Crippen LogP contribution in [0.4, 0.5) is 5.95 Å². The molecule has 2 heterocycles. The van der Waals surface area contributed by atoms with Gasteiger partial charge in [-0.05, 0) is 29.4 Å². The maximum Gasteiger partial charge on any atom is 0.232 e. The normalized spacial score (nSPS) is 10.6. The van der Waals surface area contributed by atoms with Gasteiger partial charge in [-0.3, -0.25) is 0 Å². The van der Waals surface area contributed by atoms with E-state index in [-0.39, 0.29) is 0 Å². The highest BCUT2D eigenvalue weighted by molar-refractivity contribution is 7.19. The summed E-state index contributed by atoms with van der Waals surface area (Å²) in [6, 6.07) is 0. The van der Waals surface area contributed by atoms with Gasteiger partial charge in [0.15, 0.2) is 5.01 Å². The first kappa shape index (κ1) is 8.93. The summed E-state index contributed by atoms with van der Waals surface area (Å²) in [7, 11) is 0. The van der Waals surface area contributed by atoms with Crippen molar-refractivity contribution >= 4 is 40.4 Å². The molecule has 0 saturated heterocycles. The Morgan fingerprint density at radius 3 is 2.77 bits per heavy atom. The van der Waals surface area contributed by atoms with Crippen LogP contribution in [0.15, 0.2) is 5.38 Å². The Bertz CT molecular complexity index is 435. The third-order valence-electron chi connectivity index (χ3n) is 1.54. The van der Waals surface area contributed by atoms with E-state index in [4.69, 9.17) is 17.3 Å². The minimum absolute atomic E-state index is 0.308. The van der Waals surface area contributed by atoms with E-state index in [1.165, 1.54) is 11.5 Å². The zero-order valence-electron chi connectivity index (χ0n) is 6.74. The highest BCUT2D eigenvalue weighted by Crippen LogP contribution is 2.37. The topological polar surface area (TPSA) is 51.8 Å². The molecule has 0 fully saturated rings. The van der Waals surface area contributed by atoms with Crippen LogP contribution in [-0.4, -0.2) is 9.36 Å². The van der Waals surface area contributed by atoms with E-state index in [1.54, 1.807) is 11.3 Å². The quantitative estimate of drug-likeness (QED) is 0.821. The second kappa shape index (κ2) is 3.25. The van der Waals surface area contributed by atoms with Crippen LogP contribution in [0.5, 0.6) is 0 Å². The molecule has 0 aliphatic carbocycles. The Kier molecular flexibility index (Phi) is 2.23. The van der Waals surface area contributed by atoms with Gasteiger partial charge in [-0.15, -0.1) is 11.3 Å². The van der Waals surface area contributed by atoms with Crippen LogP contribution < -0.4 is 5.73 Å². The second-order valence-corrected chi connectivity index (χ2v) is 4.53. The molecule has 0 spiro atoms. The van der Waals surface area contributed by atoms with Crippen LogP contribution >= 0.6 is 34.5 Å². The van der Waals surface area contributed by atoms with Crippen LogP contribution in [0.25, 0.3) is 9.88 Å². The number of hydrogen-bond donors (Lipinski definition) is 1. The molecule has 13 heavy (non-hydrogen) atoms. The Morgan fingerprint density at radius 1 is 1.54 bits per heavy atom. The lowest BCUT2D eigenvalue weighted by Gasteiger charge is -1.89. The summed E-state index contributed by atoms with van der Waals surface area (Å²) < 4.78 is 3.90. The first-order valence-corrected chi connectivity index (χ1v) is 5.54. The van der Waals surface area contributed by atoms with Crippen LogP contribution in [0, 0.1) is 6.92 Å². The number of aromatic nitrogens is 2. The molecule has 68 valence electrons. The molecule has 0 saturated carbocycles. The summed E-state index contributed by atoms with van der Waals surface area (Å²) >= 11 is 8.89. The predicted octanol–water partition coefficient (Wildman–Crippen LogP) is 2.81. The standard InChI is InChI=1S/C7H6ClN3S2/c1-3-2-12-5(4(3)8)6-10-7(9)11-13-6/h2H,1H3,(H2,9,11). The number of anilines is 1. The van der Waals surface area contributed by atoms with Crippen molar-refractivity contribution in [3.63, 3.8) is 0 Å². The van der Waals surface area contributed by atoms with E-state index in [2.05, 4.69) is 9.36 Å². The molecule has 2 rings (SSSR count). The van der Waals surface area contributed by atoms with Gasteiger partial charge in [0.05, 0.1) is 9.90 Å². The van der Waals surface area contributed by atoms with Crippen molar-refractivity contribution in [1.82, 2.24) is 9.36 Å². The first-order valence-electron chi connectivity index (χ1n) is 3.51. The van der Waals surface area contributed by atoms with E-state index < -0.39 is 0 Å². The summed E-state index contributed by atoms with van der Waals surface area (Å²) in [5, 5.41) is 3.54. The van der Waals surface area contributed by atoms with Gasteiger partial charge in [-0.2, -0.15) is 9.36 Å². The first-order chi connectivity index (χ1) is 6.18. The Morgan fingerprint density at radius 2 is 2.31 bits per heavy atom. The SMILES string of the molecule is Cc1csc(-c2nc(N)ns2)c1Cl. The molecule has 0 atom stereocenters. The molecule has 0 bridgehead atoms. The maximum atomic E-state index is 6.06. The van der Waals surface area contributed by atoms with Gasteiger partial charge in [0.1, 0.15) is 0 Å². The fraction of sp³-hybridized carbons (Fsp3) is 0.143. The van der Waals surface area contributed by atoms with Crippen molar-refractivity contribution < 1.29 is 0 Å². The Hall–Kier alpha value is -0.650. The molecule has 3 nitrogen and oxygen atoms in total. The van der Waals surface area contributed by atoms with E-state index >= 15 is 0 Å². The van der Waals surface area contributed by atoms with Gasteiger partial charge in [-0.25, -0.2) is 0 Å². The fourth-order valence-electron chi connectivity index (χ4n) is 0.901. The summed E-state index contributed by atoms with van der Waals surface area (Å²) in [4.78, 5) is 5.02. The average Bonchev–Trinajstić information content (AvgIpc) is 2.62. The third-order valence-corrected chi connectivity index (χ3v) is 4.11. The van der Waals surface area contributed by atoms with Crippen molar-refractivity contribution in [3.05, 3.63) is 16.0 Å². The van der Waals surface area contributed by atoms with Gasteiger partial charge in [-0.1, -0.05) is 11.6 Å². The van der Waals surface area contributed by atoms with E-state index in [9.17, 15) is 0 Å². The van der Waals surface area contributed by atoms with Crippen molar-refractivity contribution in [1.29, 1.82) is 0 Å². The monoisotopic (exact) mass is 231 g/mol. The zero-order valence-corrected chi connectivity index (χ0v) is 9.13. The van der Waals surface area contributed by atoms with Crippen molar-refractivity contribution in [2.75, 3.05) is 5.73 Å². The molecule has 0 amide bonds. The van der Waals surface area contributed by atoms with Crippen LogP contribution in [0.3, 0.4) is 0 Å². The molecule has 0 aliphatic rings. The predicted molar refractivity (Wildman–Crippen MR) is 57.4 cm³/mol. The molecule has 0 aliphatic heterocycles. The molecule has 6 heteroatoms. The molecule has 2 aromatic heterocycles. The molecular weight excluding hydrogens is 226 g/mol. The second-order valence-electron chi connectivity index (χ2n) is 2.52. The highest BCUT2D eigenvalue weighted by atomic mass is 35.5. The molecule has 2 aromatic rings. The van der Waals surface area contributed by atoms with Gasteiger partial charge in [0, 0.05) is 0 Å². The van der Waals surface area contributed by atoms with Gasteiger partial charge in [0.25, 0.3) is 0 Å². The van der Waals surface area contributed by atoms with Crippen molar-refractivity contribution in [2.45, 2.75) is 6.92 Å². The third kappa shape index (κ3) is 1.54. The number of aryl methyl sites for hydroxylation is 1. The van der Waals surface area contributed by atoms with E-state index in [0.717, 1.165) is 20.5 Å². The van der Waals surface area contributed by atoms with Crippen molar-refractivity contribution in [3.8, 4) is 9.88 Å². The lowest BCUT2D eigenvalue weighted by Crippen LogP contribution is -1.85. The highest BCUT2D eigenvalue weighted by Gasteiger charge is 2.12. The molecule has 2 N–H and O–H groups in total. The van der Waals surface area contributed by atoms with Gasteiger partial charge < -0.3 is 5.73 Å². The minimum Gasteiger partial charge on any atom is -0.367 e. The van der Waals surface area contributed by atoms with Gasteiger partial charge in [0.2, 0.25) is 5.95 Å². The Labute approximate surface area is 88.4 Å². The van der Waals surface area contributed by atoms with E-state index in [1.807, 2.05) is 12.3 Å². The number of thiophene rings is 1. The fourth-order valence-corrected chi connectivity index (χ4v) is 2.92. The van der Waals surface area contributed by atoms with Crippen LogP contribution in [0.2, 0.25) is 5.02 Å². The van der Waals surface area contributed by atoms with E-state index in [0.29, 0.717) is 5.95 Å². The molecule has 0 aromatic carbocycles. The number of hydrogen-bond acceptors (Lipinski definition) is 5. The molecule has 0 radical (unpaired) electrons. The lowest BCUT2D eigenvalue weighted by atomic mass is 10.3. The van der Waals surface area contributed by atoms with Gasteiger partial charge >= 0.3 is 0 Å². The van der Waals surface area contributed by atoms with Crippen LogP contribution in [-0.2, 0) is 0 Å². The maximum absolute atomic E-state index is 6.06. The van der Waals surface area contributed by atoms with Crippen molar-refractivity contribution in [2.24, 2.45) is 0 Å². The minimum atomic E-state index is 0.308. The number of nitrogens with zero attached hydrogens (tertiary/aromatic N) is 2. The number of rotatable bonds is 1. The number of nitrogen functional groups attached to an aromatic ring is 1. The summed E-state index contributed by atoms with van der Waals surface area (Å²) in [5.41, 5.74) is 6.49. The summed E-state index contributed by atoms with van der Waals surface area (Å²) in [6.07, 6.45) is 0.